The summed E-state index contributed by atoms with van der Waals surface area (Å²) < 4.78 is 5.79. The number of benzene rings is 1. The van der Waals surface area contributed by atoms with Gasteiger partial charge in [-0.1, -0.05) is 29.3 Å². The fourth-order valence-electron chi connectivity index (χ4n) is 3.00. The lowest BCUT2D eigenvalue weighted by Gasteiger charge is -2.31. The van der Waals surface area contributed by atoms with Gasteiger partial charge in [-0.05, 0) is 32.0 Å². The zero-order valence-electron chi connectivity index (χ0n) is 15.3. The van der Waals surface area contributed by atoms with E-state index in [1.807, 2.05) is 6.07 Å². The van der Waals surface area contributed by atoms with E-state index < -0.39 is 0 Å². The summed E-state index contributed by atoms with van der Waals surface area (Å²) in [5.41, 5.74) is 1.16. The minimum Gasteiger partial charge on any atom is -0.507 e. The highest BCUT2D eigenvalue weighted by molar-refractivity contribution is 9.09. The Hall–Kier alpha value is -1.11. The molecule has 2 rings (SSSR count). The SMILES string of the molecule is CCCc1c(OCCCBr)ccc(C(=O)CN2CCN(C)CC2)c1O. The van der Waals surface area contributed by atoms with Crippen molar-refractivity contribution in [2.24, 2.45) is 0 Å². The molecule has 140 valence electrons. The number of rotatable bonds is 9. The Labute approximate surface area is 159 Å². The van der Waals surface area contributed by atoms with Gasteiger partial charge in [0.2, 0.25) is 0 Å². The maximum absolute atomic E-state index is 12.7. The number of nitrogens with zero attached hydrogens (tertiary/aromatic N) is 2. The van der Waals surface area contributed by atoms with Crippen molar-refractivity contribution in [1.82, 2.24) is 9.80 Å². The van der Waals surface area contributed by atoms with Crippen molar-refractivity contribution in [3.63, 3.8) is 0 Å². The molecule has 0 bridgehead atoms. The quantitative estimate of drug-likeness (QED) is 0.383. The molecule has 25 heavy (non-hydrogen) atoms. The van der Waals surface area contributed by atoms with Gasteiger partial charge in [-0.3, -0.25) is 9.69 Å². The van der Waals surface area contributed by atoms with Crippen LogP contribution >= 0.6 is 15.9 Å². The zero-order valence-corrected chi connectivity index (χ0v) is 16.8. The van der Waals surface area contributed by atoms with Crippen LogP contribution in [0.5, 0.6) is 11.5 Å². The Balaban J connectivity index is 2.11. The number of alkyl halides is 1. The summed E-state index contributed by atoms with van der Waals surface area (Å²) in [6.07, 6.45) is 2.49. The molecule has 0 amide bonds. The molecule has 1 heterocycles. The van der Waals surface area contributed by atoms with E-state index in [-0.39, 0.29) is 11.5 Å². The van der Waals surface area contributed by atoms with E-state index in [9.17, 15) is 9.90 Å². The van der Waals surface area contributed by atoms with E-state index in [2.05, 4.69) is 39.7 Å². The van der Waals surface area contributed by atoms with Gasteiger partial charge in [0, 0.05) is 37.1 Å². The standard InChI is InChI=1S/C19H29BrN2O3/c1-3-5-16-18(25-13-4-8-20)7-6-15(19(16)24)17(23)14-22-11-9-21(2)10-12-22/h6-7,24H,3-5,8-14H2,1-2H3. The number of phenolic OH excluding ortho intramolecular Hbond substituents is 1. The lowest BCUT2D eigenvalue weighted by Crippen LogP contribution is -2.46. The summed E-state index contributed by atoms with van der Waals surface area (Å²) >= 11 is 3.39. The van der Waals surface area contributed by atoms with E-state index in [1.165, 1.54) is 0 Å². The van der Waals surface area contributed by atoms with Crippen LogP contribution in [0.25, 0.3) is 0 Å². The average molecular weight is 413 g/mol. The Morgan fingerprint density at radius 2 is 2.00 bits per heavy atom. The van der Waals surface area contributed by atoms with Crippen LogP contribution in [0.2, 0.25) is 0 Å². The molecular weight excluding hydrogens is 384 g/mol. The van der Waals surface area contributed by atoms with Gasteiger partial charge in [0.15, 0.2) is 5.78 Å². The number of hydrogen-bond acceptors (Lipinski definition) is 5. The van der Waals surface area contributed by atoms with Crippen LogP contribution in [-0.2, 0) is 6.42 Å². The molecule has 1 aliphatic heterocycles. The Kier molecular flexibility index (Phi) is 8.19. The van der Waals surface area contributed by atoms with Crippen LogP contribution in [0, 0.1) is 0 Å². The predicted molar refractivity (Wildman–Crippen MR) is 104 cm³/mol. The number of likely N-dealkylation sites (N-methyl/N-ethyl adjacent to an activating group) is 1. The summed E-state index contributed by atoms with van der Waals surface area (Å²) in [7, 11) is 2.09. The molecule has 1 aromatic rings. The molecule has 1 fully saturated rings. The number of ether oxygens (including phenoxy) is 1. The Morgan fingerprint density at radius 1 is 1.28 bits per heavy atom. The monoisotopic (exact) mass is 412 g/mol. The second kappa shape index (κ2) is 10.1. The van der Waals surface area contributed by atoms with Gasteiger partial charge >= 0.3 is 0 Å². The third-order valence-electron chi connectivity index (χ3n) is 4.54. The molecule has 0 unspecified atom stereocenters. The molecule has 0 aliphatic carbocycles. The number of Topliss-reactive ketones (excluding diaryl/α,β-unsaturated/α-hetero) is 1. The number of aromatic hydroxyl groups is 1. The molecule has 0 aromatic heterocycles. The highest BCUT2D eigenvalue weighted by Gasteiger charge is 2.22. The van der Waals surface area contributed by atoms with Crippen LogP contribution in [-0.4, -0.2) is 72.4 Å². The van der Waals surface area contributed by atoms with Gasteiger partial charge < -0.3 is 14.7 Å². The van der Waals surface area contributed by atoms with Crippen molar-refractivity contribution in [3.05, 3.63) is 23.3 Å². The predicted octanol–water partition coefficient (Wildman–Crippen LogP) is 2.94. The van der Waals surface area contributed by atoms with Gasteiger partial charge in [0.05, 0.1) is 18.7 Å². The lowest BCUT2D eigenvalue weighted by atomic mass is 10.0. The zero-order chi connectivity index (χ0) is 18.2. The topological polar surface area (TPSA) is 53.0 Å². The third kappa shape index (κ3) is 5.69. The third-order valence-corrected chi connectivity index (χ3v) is 5.10. The Morgan fingerprint density at radius 3 is 2.64 bits per heavy atom. The fourth-order valence-corrected chi connectivity index (χ4v) is 3.23. The normalized spacial score (nSPS) is 16.1. The smallest absolute Gasteiger partial charge is 0.180 e. The Bertz CT molecular complexity index is 572. The molecule has 0 atom stereocenters. The van der Waals surface area contributed by atoms with Crippen molar-refractivity contribution in [2.45, 2.75) is 26.2 Å². The van der Waals surface area contributed by atoms with Crippen molar-refractivity contribution < 1.29 is 14.6 Å². The van der Waals surface area contributed by atoms with Gasteiger partial charge in [-0.2, -0.15) is 0 Å². The molecule has 0 saturated carbocycles. The summed E-state index contributed by atoms with van der Waals surface area (Å²) in [5.74, 6) is 0.764. The number of halogens is 1. The van der Waals surface area contributed by atoms with E-state index in [1.54, 1.807) is 6.07 Å². The lowest BCUT2D eigenvalue weighted by molar-refractivity contribution is 0.0873. The van der Waals surface area contributed by atoms with E-state index in [4.69, 9.17) is 4.74 Å². The number of hydrogen-bond donors (Lipinski definition) is 1. The first-order valence-corrected chi connectivity index (χ1v) is 10.2. The van der Waals surface area contributed by atoms with Crippen LogP contribution < -0.4 is 4.74 Å². The first-order chi connectivity index (χ1) is 12.1. The minimum absolute atomic E-state index is 0.0218. The largest absolute Gasteiger partial charge is 0.507 e. The summed E-state index contributed by atoms with van der Waals surface area (Å²) in [6, 6.07) is 3.53. The van der Waals surface area contributed by atoms with Crippen molar-refractivity contribution in [2.75, 3.05) is 51.7 Å². The van der Waals surface area contributed by atoms with Crippen molar-refractivity contribution in [1.29, 1.82) is 0 Å². The van der Waals surface area contributed by atoms with Crippen LogP contribution in [0.4, 0.5) is 0 Å². The number of carbonyl (C=O) groups excluding carboxylic acids is 1. The molecule has 0 spiro atoms. The maximum atomic E-state index is 12.7. The molecule has 0 radical (unpaired) electrons. The van der Waals surface area contributed by atoms with E-state index >= 15 is 0 Å². The second-order valence-corrected chi connectivity index (χ2v) is 7.38. The highest BCUT2D eigenvalue weighted by Crippen LogP contribution is 2.33. The maximum Gasteiger partial charge on any atom is 0.180 e. The van der Waals surface area contributed by atoms with Gasteiger partial charge in [-0.15, -0.1) is 0 Å². The van der Waals surface area contributed by atoms with Crippen molar-refractivity contribution >= 4 is 21.7 Å². The number of carbonyl (C=O) groups is 1. The van der Waals surface area contributed by atoms with Crippen LogP contribution in [0.3, 0.4) is 0 Å². The molecule has 5 nitrogen and oxygen atoms in total. The van der Waals surface area contributed by atoms with E-state index in [0.717, 1.165) is 49.9 Å². The number of piperazine rings is 1. The first kappa shape index (κ1) is 20.2. The highest BCUT2D eigenvalue weighted by atomic mass is 79.9. The molecule has 1 aromatic carbocycles. The van der Waals surface area contributed by atoms with Gasteiger partial charge in [0.1, 0.15) is 11.5 Å². The summed E-state index contributed by atoms with van der Waals surface area (Å²) in [5, 5.41) is 11.5. The van der Waals surface area contributed by atoms with Crippen molar-refractivity contribution in [3.8, 4) is 11.5 Å². The van der Waals surface area contributed by atoms with Gasteiger partial charge in [0.25, 0.3) is 0 Å². The second-order valence-electron chi connectivity index (χ2n) is 6.58. The summed E-state index contributed by atoms with van der Waals surface area (Å²) in [4.78, 5) is 17.1. The van der Waals surface area contributed by atoms with Gasteiger partial charge in [-0.25, -0.2) is 0 Å². The molecule has 6 heteroatoms. The molecular formula is C19H29BrN2O3. The first-order valence-electron chi connectivity index (χ1n) is 9.04. The summed E-state index contributed by atoms with van der Waals surface area (Å²) in [6.45, 7) is 6.73. The number of phenols is 1. The average Bonchev–Trinajstić information content (AvgIpc) is 2.60. The molecule has 1 N–H and O–H groups in total. The van der Waals surface area contributed by atoms with E-state index in [0.29, 0.717) is 30.9 Å². The van der Waals surface area contributed by atoms with Crippen LogP contribution in [0.1, 0.15) is 35.7 Å². The molecule has 1 aliphatic rings. The number of ketones is 1. The van der Waals surface area contributed by atoms with Crippen LogP contribution in [0.15, 0.2) is 12.1 Å². The molecule has 1 saturated heterocycles. The fraction of sp³-hybridized carbons (Fsp3) is 0.632. The minimum atomic E-state index is -0.0218.